The van der Waals surface area contributed by atoms with Crippen LogP contribution in [-0.2, 0) is 0 Å². The summed E-state index contributed by atoms with van der Waals surface area (Å²) in [6.45, 7) is 4.22. The number of rotatable bonds is 3. The van der Waals surface area contributed by atoms with Gasteiger partial charge in [-0.2, -0.15) is 4.57 Å². The van der Waals surface area contributed by atoms with Gasteiger partial charge < -0.3 is 27.3 Å². The third-order valence-corrected chi connectivity index (χ3v) is 6.42. The van der Waals surface area contributed by atoms with Crippen LogP contribution >= 0.6 is 0 Å². The van der Waals surface area contributed by atoms with E-state index in [-0.39, 0.29) is 28.7 Å². The summed E-state index contributed by atoms with van der Waals surface area (Å²) < 4.78 is 1.94. The van der Waals surface area contributed by atoms with Gasteiger partial charge >= 0.3 is 0 Å². The van der Waals surface area contributed by atoms with Crippen molar-refractivity contribution in [3.8, 4) is 5.69 Å². The molecule has 0 spiro atoms. The van der Waals surface area contributed by atoms with Gasteiger partial charge in [0.05, 0.1) is 0 Å². The molecule has 0 saturated heterocycles. The van der Waals surface area contributed by atoms with E-state index in [1.54, 1.807) is 0 Å². The number of halogens is 1. The maximum atomic E-state index is 13.1. The molecule has 1 amide bonds. The van der Waals surface area contributed by atoms with E-state index < -0.39 is 0 Å². The number of benzene rings is 3. The number of nitrogens with one attached hydrogen (secondary N) is 2. The van der Waals surface area contributed by atoms with Gasteiger partial charge in [0.25, 0.3) is 17.4 Å². The topological polar surface area (TPSA) is 65.8 Å². The fraction of sp³-hybridized carbons (Fsp3) is 0.107. The molecular formula is C28H22BrN3O2. The fourth-order valence-corrected chi connectivity index (χ4v) is 4.79. The van der Waals surface area contributed by atoms with E-state index in [9.17, 15) is 9.59 Å². The average molecular weight is 512 g/mol. The lowest BCUT2D eigenvalue weighted by atomic mass is 10.0. The first-order valence-electron chi connectivity index (χ1n) is 11.1. The van der Waals surface area contributed by atoms with Crippen molar-refractivity contribution in [3.63, 3.8) is 0 Å². The van der Waals surface area contributed by atoms with Gasteiger partial charge in [-0.25, -0.2) is 0 Å². The molecule has 0 bridgehead atoms. The zero-order chi connectivity index (χ0) is 22.7. The van der Waals surface area contributed by atoms with Crippen molar-refractivity contribution in [2.24, 2.45) is 0 Å². The number of H-pyrrole nitrogens is 1. The van der Waals surface area contributed by atoms with Crippen LogP contribution in [0.4, 0.5) is 5.69 Å². The molecule has 3 aromatic carbocycles. The van der Waals surface area contributed by atoms with E-state index in [0.29, 0.717) is 22.7 Å². The van der Waals surface area contributed by atoms with Crippen molar-refractivity contribution in [2.75, 3.05) is 5.32 Å². The summed E-state index contributed by atoms with van der Waals surface area (Å²) in [4.78, 5) is 29.6. The summed E-state index contributed by atoms with van der Waals surface area (Å²) in [5.74, 6) is 0.156. The molecule has 0 atom stereocenters. The van der Waals surface area contributed by atoms with Crippen molar-refractivity contribution in [3.05, 3.63) is 101 Å². The smallest absolute Gasteiger partial charge is 0.284 e. The summed E-state index contributed by atoms with van der Waals surface area (Å²) in [7, 11) is 0. The summed E-state index contributed by atoms with van der Waals surface area (Å²) in [5, 5.41) is 4.91. The molecule has 1 aliphatic heterocycles. The maximum absolute atomic E-state index is 13.1. The molecule has 0 unspecified atom stereocenters. The number of hydrogen-bond donors (Lipinski definition) is 2. The number of carbonyl (C=O) groups is 2. The summed E-state index contributed by atoms with van der Waals surface area (Å²) in [6, 6.07) is 23.1. The Morgan fingerprint density at radius 2 is 1.71 bits per heavy atom. The second kappa shape index (κ2) is 8.22. The number of pyridine rings is 1. The van der Waals surface area contributed by atoms with E-state index in [4.69, 9.17) is 0 Å². The minimum atomic E-state index is -0.154. The Morgan fingerprint density at radius 3 is 2.53 bits per heavy atom. The first kappa shape index (κ1) is 22.0. The number of aromatic amines is 1. The Hall–Kier alpha value is -3.77. The molecule has 0 radical (unpaired) electrons. The Labute approximate surface area is 207 Å². The van der Waals surface area contributed by atoms with Crippen LogP contribution in [0.25, 0.3) is 27.5 Å². The number of para-hydroxylation sites is 2. The van der Waals surface area contributed by atoms with Crippen molar-refractivity contribution >= 4 is 39.2 Å². The normalized spacial score (nSPS) is 12.0. The van der Waals surface area contributed by atoms with E-state index in [1.165, 1.54) is 0 Å². The second-order valence-electron chi connectivity index (χ2n) is 8.75. The Morgan fingerprint density at radius 1 is 0.941 bits per heavy atom. The van der Waals surface area contributed by atoms with Gasteiger partial charge in [-0.1, -0.05) is 44.2 Å². The number of carbonyl (C=O) groups excluding carboxylic acids is 2. The monoisotopic (exact) mass is 511 g/mol. The first-order valence-corrected chi connectivity index (χ1v) is 11.1. The molecule has 1 aliphatic rings. The fourth-order valence-electron chi connectivity index (χ4n) is 4.79. The molecule has 6 heteroatoms. The summed E-state index contributed by atoms with van der Waals surface area (Å²) >= 11 is 0. The van der Waals surface area contributed by atoms with Crippen LogP contribution < -0.4 is 26.9 Å². The van der Waals surface area contributed by atoms with E-state index in [2.05, 4.69) is 24.1 Å². The van der Waals surface area contributed by atoms with Gasteiger partial charge in [-0.05, 0) is 41.8 Å². The predicted molar refractivity (Wildman–Crippen MR) is 129 cm³/mol. The van der Waals surface area contributed by atoms with Crippen molar-refractivity contribution in [1.82, 2.24) is 4.98 Å². The maximum Gasteiger partial charge on any atom is 0.284 e. The van der Waals surface area contributed by atoms with E-state index in [1.807, 2.05) is 83.6 Å². The first-order chi connectivity index (χ1) is 16.0. The minimum Gasteiger partial charge on any atom is -1.00 e. The molecule has 0 aliphatic carbocycles. The van der Waals surface area contributed by atoms with Crippen LogP contribution in [-0.4, -0.2) is 16.7 Å². The van der Waals surface area contributed by atoms with Gasteiger partial charge in [0.1, 0.15) is 11.1 Å². The Balaban J connectivity index is 0.00000241. The van der Waals surface area contributed by atoms with E-state index in [0.717, 1.165) is 38.7 Å². The van der Waals surface area contributed by atoms with Crippen LogP contribution in [0.3, 0.4) is 0 Å². The third kappa shape index (κ3) is 3.25. The van der Waals surface area contributed by atoms with Crippen LogP contribution in [0, 0.1) is 0 Å². The molecule has 168 valence electrons. The molecule has 0 saturated carbocycles. The average Bonchev–Trinajstić information content (AvgIpc) is 3.34. The highest BCUT2D eigenvalue weighted by Crippen LogP contribution is 2.32. The van der Waals surface area contributed by atoms with Crippen LogP contribution in [0.15, 0.2) is 79.0 Å². The standard InChI is InChI=1S/C28H21N3O2.BrH/c1-16(2)18-7-3-5-9-22(18)30-28(33)17-11-12-23-21(15-17)19-13-14-31-24-10-6-4-8-20(24)27(32)26(31)25(19)29-23;/h3-16H,1-2H3,(H,30,33);1H. The summed E-state index contributed by atoms with van der Waals surface area (Å²) in [6.07, 6.45) is 1.93. The van der Waals surface area contributed by atoms with Gasteiger partial charge in [-0.3, -0.25) is 9.59 Å². The molecule has 2 N–H and O–H groups in total. The number of fused-ring (bicyclic) bond motifs is 7. The second-order valence-corrected chi connectivity index (χ2v) is 8.75. The number of anilines is 1. The largest absolute Gasteiger partial charge is 1.00 e. The highest BCUT2D eigenvalue weighted by atomic mass is 79.9. The molecule has 2 aromatic heterocycles. The quantitative estimate of drug-likeness (QED) is 0.358. The molecule has 5 aromatic rings. The Bertz CT molecular complexity index is 1620. The van der Waals surface area contributed by atoms with Crippen molar-refractivity contribution in [2.45, 2.75) is 19.8 Å². The number of hydrogen-bond acceptors (Lipinski definition) is 2. The number of amides is 1. The van der Waals surface area contributed by atoms with Gasteiger partial charge in [0, 0.05) is 39.7 Å². The summed E-state index contributed by atoms with van der Waals surface area (Å²) in [5.41, 5.74) is 6.40. The highest BCUT2D eigenvalue weighted by molar-refractivity contribution is 6.21. The van der Waals surface area contributed by atoms with Crippen molar-refractivity contribution < 1.29 is 31.1 Å². The SMILES string of the molecule is CC(C)c1ccccc1NC(=O)c1ccc2[nH]c3c4[n+](ccc3c2c1)-c1ccccc1C4=O.[Br-]. The van der Waals surface area contributed by atoms with E-state index >= 15 is 0 Å². The lowest BCUT2D eigenvalue weighted by molar-refractivity contribution is -0.592. The molecule has 5 nitrogen and oxygen atoms in total. The van der Waals surface area contributed by atoms with Gasteiger partial charge in [0.15, 0.2) is 6.20 Å². The molecule has 3 heterocycles. The minimum absolute atomic E-state index is 0. The van der Waals surface area contributed by atoms with Crippen molar-refractivity contribution in [1.29, 1.82) is 0 Å². The highest BCUT2D eigenvalue weighted by Gasteiger charge is 2.38. The van der Waals surface area contributed by atoms with Crippen LogP contribution in [0.1, 0.15) is 51.7 Å². The van der Waals surface area contributed by atoms with Gasteiger partial charge in [0.2, 0.25) is 5.69 Å². The Kier molecular flexibility index (Phi) is 5.33. The molecule has 34 heavy (non-hydrogen) atoms. The molecule has 0 fully saturated rings. The third-order valence-electron chi connectivity index (χ3n) is 6.42. The van der Waals surface area contributed by atoms with Crippen LogP contribution in [0.2, 0.25) is 0 Å². The molecule has 6 rings (SSSR count). The molecular weight excluding hydrogens is 490 g/mol. The predicted octanol–water partition coefficient (Wildman–Crippen LogP) is 2.52. The van der Waals surface area contributed by atoms with Crippen LogP contribution in [0.5, 0.6) is 0 Å². The number of aromatic nitrogens is 2. The van der Waals surface area contributed by atoms with Gasteiger partial charge in [-0.15, -0.1) is 0 Å². The zero-order valence-electron chi connectivity index (χ0n) is 18.7. The zero-order valence-corrected chi connectivity index (χ0v) is 20.3. The lowest BCUT2D eigenvalue weighted by Crippen LogP contribution is -3.00. The lowest BCUT2D eigenvalue weighted by Gasteiger charge is -2.13. The number of ketones is 1. The number of nitrogens with zero attached hydrogens (tertiary/aromatic N) is 1.